The Bertz CT molecular complexity index is 384. The molecule has 1 aliphatic rings. The molecule has 0 radical (unpaired) electrons. The van der Waals surface area contributed by atoms with Crippen molar-refractivity contribution < 1.29 is 14.7 Å². The van der Waals surface area contributed by atoms with Crippen molar-refractivity contribution in [3.8, 4) is 0 Å². The Morgan fingerprint density at radius 2 is 2.11 bits per heavy atom. The molecule has 1 heterocycles. The first-order valence-electron chi connectivity index (χ1n) is 6.28. The second kappa shape index (κ2) is 6.32. The highest BCUT2D eigenvalue weighted by molar-refractivity contribution is 8.00. The molecule has 2 amide bonds. The number of hydrogen-bond donors (Lipinski definition) is 1. The van der Waals surface area contributed by atoms with E-state index in [-0.39, 0.29) is 17.3 Å². The third-order valence-electron chi connectivity index (χ3n) is 2.94. The number of carbonyl (C=O) groups excluding carboxylic acids is 1. The van der Waals surface area contributed by atoms with Gasteiger partial charge in [-0.3, -0.25) is 4.90 Å². The van der Waals surface area contributed by atoms with E-state index in [0.717, 1.165) is 5.57 Å². The smallest absolute Gasteiger partial charge is 0.327 e. The number of hydrogen-bond acceptors (Lipinski definition) is 3. The summed E-state index contributed by atoms with van der Waals surface area (Å²) in [6.45, 7) is 10.1. The van der Waals surface area contributed by atoms with Gasteiger partial charge in [0.2, 0.25) is 0 Å². The maximum atomic E-state index is 12.4. The number of rotatable bonds is 4. The van der Waals surface area contributed by atoms with Gasteiger partial charge in [0, 0.05) is 19.3 Å². The monoisotopic (exact) mass is 286 g/mol. The summed E-state index contributed by atoms with van der Waals surface area (Å²) in [5.74, 6) is -0.269. The molecule has 1 N–H and O–H groups in total. The third kappa shape index (κ3) is 3.65. The Morgan fingerprint density at radius 3 is 2.53 bits per heavy atom. The first-order valence-corrected chi connectivity index (χ1v) is 7.32. The van der Waals surface area contributed by atoms with Crippen LogP contribution in [0, 0.1) is 5.92 Å². The van der Waals surface area contributed by atoms with Crippen molar-refractivity contribution in [3.05, 3.63) is 12.2 Å². The molecule has 0 bridgehead atoms. The number of likely N-dealkylation sites (N-methyl/N-ethyl adjacent to an activating group) is 1. The van der Waals surface area contributed by atoms with Crippen molar-refractivity contribution >= 4 is 23.8 Å². The highest BCUT2D eigenvalue weighted by Gasteiger charge is 2.43. The first kappa shape index (κ1) is 15.9. The lowest BCUT2D eigenvalue weighted by Gasteiger charge is -2.33. The standard InChI is InChI=1S/C13H22N2O3S/c1-8(2)6-14(5)13(18)15-10(12(16)17)7-19-11(15)9(3)4/h9-11H,1,6-7H2,2-5H3,(H,16,17). The largest absolute Gasteiger partial charge is 0.480 e. The first-order chi connectivity index (χ1) is 8.75. The maximum Gasteiger partial charge on any atom is 0.327 e. The molecule has 6 heteroatoms. The van der Waals surface area contributed by atoms with Crippen LogP contribution in [-0.4, -0.2) is 57.7 Å². The van der Waals surface area contributed by atoms with E-state index in [1.807, 2.05) is 20.8 Å². The molecule has 0 aromatic carbocycles. The van der Waals surface area contributed by atoms with E-state index in [1.54, 1.807) is 7.05 Å². The lowest BCUT2D eigenvalue weighted by Crippen LogP contribution is -2.52. The number of amides is 2. The fourth-order valence-corrected chi connectivity index (χ4v) is 3.61. The van der Waals surface area contributed by atoms with E-state index in [0.29, 0.717) is 12.3 Å². The lowest BCUT2D eigenvalue weighted by atomic mass is 10.1. The molecule has 1 fully saturated rings. The molecule has 0 aromatic heterocycles. The molecule has 1 saturated heterocycles. The SMILES string of the molecule is C=C(C)CN(C)C(=O)N1C(C(=O)O)CSC1C(C)C. The Balaban J connectivity index is 2.92. The Kier molecular flexibility index (Phi) is 5.29. The van der Waals surface area contributed by atoms with Crippen LogP contribution >= 0.6 is 11.8 Å². The van der Waals surface area contributed by atoms with Crippen LogP contribution < -0.4 is 0 Å². The summed E-state index contributed by atoms with van der Waals surface area (Å²) in [5.41, 5.74) is 0.871. The minimum absolute atomic E-state index is 0.0822. The molecule has 19 heavy (non-hydrogen) atoms. The minimum Gasteiger partial charge on any atom is -0.480 e. The van der Waals surface area contributed by atoms with Gasteiger partial charge in [0.15, 0.2) is 0 Å². The molecule has 0 saturated carbocycles. The normalized spacial score (nSPS) is 22.7. The molecule has 5 nitrogen and oxygen atoms in total. The molecular formula is C13H22N2O3S. The fraction of sp³-hybridized carbons (Fsp3) is 0.692. The maximum absolute atomic E-state index is 12.4. The van der Waals surface area contributed by atoms with E-state index in [4.69, 9.17) is 0 Å². The summed E-state index contributed by atoms with van der Waals surface area (Å²) < 4.78 is 0. The van der Waals surface area contributed by atoms with Gasteiger partial charge in [-0.15, -0.1) is 11.8 Å². The summed E-state index contributed by atoms with van der Waals surface area (Å²) in [5, 5.41) is 9.17. The second-order valence-electron chi connectivity index (χ2n) is 5.32. The average Bonchev–Trinajstić information content (AvgIpc) is 2.71. The molecule has 1 aliphatic heterocycles. The van der Waals surface area contributed by atoms with Gasteiger partial charge < -0.3 is 10.0 Å². The lowest BCUT2D eigenvalue weighted by molar-refractivity contribution is -0.141. The summed E-state index contributed by atoms with van der Waals surface area (Å²) in [7, 11) is 1.68. The topological polar surface area (TPSA) is 60.9 Å². The Hall–Kier alpha value is -1.17. The zero-order chi connectivity index (χ0) is 14.7. The van der Waals surface area contributed by atoms with E-state index in [9.17, 15) is 14.7 Å². The van der Waals surface area contributed by atoms with E-state index >= 15 is 0 Å². The quantitative estimate of drug-likeness (QED) is 0.804. The predicted molar refractivity (Wildman–Crippen MR) is 77.2 cm³/mol. The van der Waals surface area contributed by atoms with E-state index < -0.39 is 12.0 Å². The van der Waals surface area contributed by atoms with Gasteiger partial charge in [-0.1, -0.05) is 26.0 Å². The van der Waals surface area contributed by atoms with Gasteiger partial charge in [-0.2, -0.15) is 0 Å². The zero-order valence-corrected chi connectivity index (χ0v) is 12.7. The van der Waals surface area contributed by atoms with Crippen LogP contribution in [0.1, 0.15) is 20.8 Å². The average molecular weight is 286 g/mol. The summed E-state index contributed by atoms with van der Waals surface area (Å²) >= 11 is 1.53. The van der Waals surface area contributed by atoms with Crippen LogP contribution in [0.3, 0.4) is 0 Å². The molecular weight excluding hydrogens is 264 g/mol. The Labute approximate surface area is 118 Å². The van der Waals surface area contributed by atoms with E-state index in [1.165, 1.54) is 21.6 Å². The summed E-state index contributed by atoms with van der Waals surface area (Å²) in [6.07, 6.45) is 0. The molecule has 0 aromatic rings. The van der Waals surface area contributed by atoms with Crippen molar-refractivity contribution in [2.24, 2.45) is 5.92 Å². The molecule has 1 rings (SSSR count). The molecule has 0 spiro atoms. The van der Waals surface area contributed by atoms with Gasteiger partial charge in [-0.05, 0) is 12.8 Å². The van der Waals surface area contributed by atoms with Crippen molar-refractivity contribution in [3.63, 3.8) is 0 Å². The van der Waals surface area contributed by atoms with Crippen molar-refractivity contribution in [2.75, 3.05) is 19.3 Å². The van der Waals surface area contributed by atoms with Gasteiger partial charge in [0.25, 0.3) is 0 Å². The highest BCUT2D eigenvalue weighted by atomic mass is 32.2. The summed E-state index contributed by atoms with van der Waals surface area (Å²) in [4.78, 5) is 26.8. The number of carboxylic acid groups (broad SMARTS) is 1. The van der Waals surface area contributed by atoms with Gasteiger partial charge in [0.05, 0.1) is 5.37 Å². The molecule has 108 valence electrons. The molecule has 2 atom stereocenters. The van der Waals surface area contributed by atoms with Crippen LogP contribution in [0.25, 0.3) is 0 Å². The van der Waals surface area contributed by atoms with Crippen molar-refractivity contribution in [2.45, 2.75) is 32.2 Å². The molecule has 2 unspecified atom stereocenters. The van der Waals surface area contributed by atoms with Crippen molar-refractivity contribution in [1.29, 1.82) is 0 Å². The highest BCUT2D eigenvalue weighted by Crippen LogP contribution is 2.34. The Morgan fingerprint density at radius 1 is 1.53 bits per heavy atom. The predicted octanol–water partition coefficient (Wildman–Crippen LogP) is 2.10. The van der Waals surface area contributed by atoms with Crippen LogP contribution in [0.2, 0.25) is 0 Å². The van der Waals surface area contributed by atoms with Crippen molar-refractivity contribution in [1.82, 2.24) is 9.80 Å². The number of nitrogens with zero attached hydrogens (tertiary/aromatic N) is 2. The van der Waals surface area contributed by atoms with Crippen LogP contribution in [0.4, 0.5) is 4.79 Å². The van der Waals surface area contributed by atoms with Gasteiger partial charge in [0.1, 0.15) is 6.04 Å². The molecule has 0 aliphatic carbocycles. The number of thioether (sulfide) groups is 1. The number of aliphatic carboxylic acids is 1. The number of carboxylic acids is 1. The second-order valence-corrected chi connectivity index (χ2v) is 6.47. The third-order valence-corrected chi connectivity index (χ3v) is 4.57. The van der Waals surface area contributed by atoms with Gasteiger partial charge in [-0.25, -0.2) is 9.59 Å². The van der Waals surface area contributed by atoms with Gasteiger partial charge >= 0.3 is 12.0 Å². The fourth-order valence-electron chi connectivity index (χ4n) is 2.14. The van der Waals surface area contributed by atoms with E-state index in [2.05, 4.69) is 6.58 Å². The van der Waals surface area contributed by atoms with Crippen LogP contribution in [0.15, 0.2) is 12.2 Å². The van der Waals surface area contributed by atoms with Crippen LogP contribution in [0.5, 0.6) is 0 Å². The number of urea groups is 1. The number of carbonyl (C=O) groups is 2. The minimum atomic E-state index is -0.937. The summed E-state index contributed by atoms with van der Waals surface area (Å²) in [6, 6.07) is -0.975. The van der Waals surface area contributed by atoms with Crippen LogP contribution in [-0.2, 0) is 4.79 Å². The zero-order valence-electron chi connectivity index (χ0n) is 11.9.